The number of hydrogen-bond donors (Lipinski definition) is 1. The lowest BCUT2D eigenvalue weighted by Crippen LogP contribution is -2.47. The summed E-state index contributed by atoms with van der Waals surface area (Å²) >= 11 is 19.0. The number of carbonyl (C=O) groups excluding carboxylic acids is 2. The van der Waals surface area contributed by atoms with Gasteiger partial charge in [0.1, 0.15) is 5.75 Å². The van der Waals surface area contributed by atoms with Gasteiger partial charge in [-0.15, -0.1) is 0 Å². The summed E-state index contributed by atoms with van der Waals surface area (Å²) in [6, 6.07) is 15.3. The molecule has 1 N–H and O–H groups in total. The second-order valence-corrected chi connectivity index (χ2v) is 11.9. The first kappa shape index (κ1) is 28.9. The molecule has 12 heteroatoms. The number of ether oxygens (including phenoxy) is 2. The predicted molar refractivity (Wildman–Crippen MR) is 152 cm³/mol. The zero-order valence-electron chi connectivity index (χ0n) is 21.1. The number of nitrogens with one attached hydrogen (secondary N) is 1. The molecule has 0 radical (unpaired) electrons. The van der Waals surface area contributed by atoms with Gasteiger partial charge in [0.25, 0.3) is 5.56 Å². The smallest absolute Gasteiger partial charge is 0.338 e. The first-order valence-electron chi connectivity index (χ1n) is 11.8. The van der Waals surface area contributed by atoms with Crippen molar-refractivity contribution < 1.29 is 19.1 Å². The number of halogens is 3. The monoisotopic (exact) mass is 607 g/mol. The van der Waals surface area contributed by atoms with Crippen molar-refractivity contribution in [3.8, 4) is 5.75 Å². The Balaban J connectivity index is 1.72. The molecular formula is C27H24Cl3N3O5S. The molecule has 0 aliphatic carbocycles. The fraction of sp³-hybridized carbons (Fsp3) is 0.259. The van der Waals surface area contributed by atoms with Gasteiger partial charge in [0.15, 0.2) is 4.80 Å². The van der Waals surface area contributed by atoms with Crippen molar-refractivity contribution in [2.24, 2.45) is 4.99 Å². The molecule has 8 nitrogen and oxygen atoms in total. The molecule has 1 aliphatic rings. The largest absolute Gasteiger partial charge is 0.466 e. The third-order valence-corrected chi connectivity index (χ3v) is 7.27. The van der Waals surface area contributed by atoms with Crippen LogP contribution in [0.4, 0.5) is 0 Å². The summed E-state index contributed by atoms with van der Waals surface area (Å²) in [5, 5.41) is 2.44. The van der Waals surface area contributed by atoms with Crippen LogP contribution >= 0.6 is 46.1 Å². The topological polar surface area (TPSA) is 99.0 Å². The van der Waals surface area contributed by atoms with E-state index in [1.807, 2.05) is 30.3 Å². The molecule has 0 fully saturated rings. The summed E-state index contributed by atoms with van der Waals surface area (Å²) in [5.41, 5.74) is 2.01. The Morgan fingerprint density at radius 2 is 1.82 bits per heavy atom. The van der Waals surface area contributed by atoms with Gasteiger partial charge < -0.3 is 14.8 Å². The number of amides is 1. The van der Waals surface area contributed by atoms with Crippen LogP contribution in [-0.4, -0.2) is 33.1 Å². The quantitative estimate of drug-likeness (QED) is 0.248. The molecule has 0 saturated heterocycles. The van der Waals surface area contributed by atoms with Gasteiger partial charge in [-0.25, -0.2) is 9.79 Å². The third kappa shape index (κ3) is 6.55. The summed E-state index contributed by atoms with van der Waals surface area (Å²) in [6.07, 6.45) is 0.517. The van der Waals surface area contributed by atoms with E-state index in [0.717, 1.165) is 5.56 Å². The Morgan fingerprint density at radius 1 is 1.15 bits per heavy atom. The molecule has 1 aromatic heterocycles. The predicted octanol–water partition coefficient (Wildman–Crippen LogP) is 4.01. The molecule has 0 spiro atoms. The van der Waals surface area contributed by atoms with E-state index in [0.29, 0.717) is 31.9 Å². The van der Waals surface area contributed by atoms with E-state index in [9.17, 15) is 14.4 Å². The minimum Gasteiger partial charge on any atom is -0.466 e. The molecule has 1 aliphatic heterocycles. The molecule has 204 valence electrons. The van der Waals surface area contributed by atoms with E-state index in [4.69, 9.17) is 44.3 Å². The summed E-state index contributed by atoms with van der Waals surface area (Å²) in [5.74, 6) is -0.587. The van der Waals surface area contributed by atoms with Crippen molar-refractivity contribution in [2.75, 3.05) is 6.61 Å². The standard InChI is InChI=1S/C27H24Cl3N3O5S/c1-4-37-24(36)21-15(2)31-26-33(22(21)18-8-6-5-7-9-18)23(35)20(39-26)14-17-10-12-19(13-11-17)38-25(27(28,29)30)32-16(3)34/h5-14,22,25H,4H2,1-3H3,(H,32,34)/b20-14+/t22-,25+/m1/s1. The van der Waals surface area contributed by atoms with E-state index >= 15 is 0 Å². The minimum atomic E-state index is -1.89. The lowest BCUT2D eigenvalue weighted by Gasteiger charge is -2.25. The van der Waals surface area contributed by atoms with E-state index in [1.165, 1.54) is 22.8 Å². The highest BCUT2D eigenvalue weighted by Crippen LogP contribution is 2.32. The number of fused-ring (bicyclic) bond motifs is 1. The summed E-state index contributed by atoms with van der Waals surface area (Å²) in [6.45, 7) is 4.96. The van der Waals surface area contributed by atoms with E-state index < -0.39 is 27.9 Å². The van der Waals surface area contributed by atoms with Crippen molar-refractivity contribution in [1.29, 1.82) is 0 Å². The average molecular weight is 609 g/mol. The second-order valence-electron chi connectivity index (χ2n) is 8.52. The maximum absolute atomic E-state index is 13.7. The summed E-state index contributed by atoms with van der Waals surface area (Å²) < 4.78 is 11.0. The maximum Gasteiger partial charge on any atom is 0.338 e. The van der Waals surface area contributed by atoms with Gasteiger partial charge in [-0.05, 0) is 43.2 Å². The van der Waals surface area contributed by atoms with Crippen molar-refractivity contribution in [2.45, 2.75) is 36.8 Å². The number of esters is 1. The van der Waals surface area contributed by atoms with Crippen LogP contribution in [0.25, 0.3) is 6.08 Å². The first-order chi connectivity index (χ1) is 18.5. The Labute approximate surface area is 243 Å². The number of benzene rings is 2. The second kappa shape index (κ2) is 12.0. The molecule has 2 heterocycles. The fourth-order valence-corrected chi connectivity index (χ4v) is 5.38. The van der Waals surface area contributed by atoms with Gasteiger partial charge in [0.05, 0.1) is 28.5 Å². The van der Waals surface area contributed by atoms with E-state index in [-0.39, 0.29) is 12.2 Å². The number of allylic oxidation sites excluding steroid dienone is 1. The molecule has 39 heavy (non-hydrogen) atoms. The number of hydrogen-bond acceptors (Lipinski definition) is 7. The number of aromatic nitrogens is 1. The lowest BCUT2D eigenvalue weighted by atomic mass is 9.96. The Kier molecular flexibility index (Phi) is 8.86. The highest BCUT2D eigenvalue weighted by Gasteiger charge is 2.36. The molecule has 0 saturated carbocycles. The maximum atomic E-state index is 13.7. The van der Waals surface area contributed by atoms with Gasteiger partial charge in [-0.3, -0.25) is 14.2 Å². The summed E-state index contributed by atoms with van der Waals surface area (Å²) in [4.78, 5) is 43.1. The third-order valence-electron chi connectivity index (χ3n) is 5.70. The Bertz CT molecular complexity index is 1590. The number of alkyl halides is 3. The van der Waals surface area contributed by atoms with Crippen molar-refractivity contribution in [3.05, 3.63) is 96.7 Å². The van der Waals surface area contributed by atoms with Crippen LogP contribution in [-0.2, 0) is 14.3 Å². The van der Waals surface area contributed by atoms with Gasteiger partial charge in [-0.1, -0.05) is 88.6 Å². The molecule has 0 bridgehead atoms. The van der Waals surface area contributed by atoms with Crippen LogP contribution < -0.4 is 24.9 Å². The van der Waals surface area contributed by atoms with Gasteiger partial charge in [-0.2, -0.15) is 0 Å². The minimum absolute atomic E-state index is 0.203. The van der Waals surface area contributed by atoms with Crippen LogP contribution in [0.5, 0.6) is 5.75 Å². The van der Waals surface area contributed by atoms with Gasteiger partial charge in [0, 0.05) is 6.92 Å². The average Bonchev–Trinajstić information content (AvgIpc) is 3.18. The molecule has 2 aromatic carbocycles. The van der Waals surface area contributed by atoms with Crippen LogP contribution in [0.3, 0.4) is 0 Å². The van der Waals surface area contributed by atoms with Gasteiger partial charge >= 0.3 is 5.97 Å². The van der Waals surface area contributed by atoms with Crippen molar-refractivity contribution >= 4 is 64.1 Å². The molecule has 2 atom stereocenters. The Hall–Kier alpha value is -3.11. The number of thiazole rings is 1. The van der Waals surface area contributed by atoms with Gasteiger partial charge in [0.2, 0.25) is 15.9 Å². The molecule has 1 amide bonds. The number of rotatable bonds is 7. The van der Waals surface area contributed by atoms with Crippen LogP contribution in [0, 0.1) is 0 Å². The molecule has 3 aromatic rings. The Morgan fingerprint density at radius 3 is 2.41 bits per heavy atom. The SMILES string of the molecule is CCOC(=O)C1=C(C)N=c2s/c(=C/c3ccc(O[C@H](NC(C)=O)C(Cl)(Cl)Cl)cc3)c(=O)n2[C@@H]1c1ccccc1. The van der Waals surface area contributed by atoms with Crippen molar-refractivity contribution in [3.63, 3.8) is 0 Å². The van der Waals surface area contributed by atoms with E-state index in [2.05, 4.69) is 10.3 Å². The normalized spacial score (nSPS) is 16.3. The number of carbonyl (C=O) groups is 2. The zero-order chi connectivity index (χ0) is 28.3. The molecule has 0 unspecified atom stereocenters. The highest BCUT2D eigenvalue weighted by molar-refractivity contribution is 7.07. The van der Waals surface area contributed by atoms with E-state index in [1.54, 1.807) is 44.2 Å². The van der Waals surface area contributed by atoms with Crippen LogP contribution in [0.15, 0.2) is 75.7 Å². The van der Waals surface area contributed by atoms with Crippen molar-refractivity contribution in [1.82, 2.24) is 9.88 Å². The first-order valence-corrected chi connectivity index (χ1v) is 13.8. The van der Waals surface area contributed by atoms with Crippen LogP contribution in [0.1, 0.15) is 37.9 Å². The molecular weight excluding hydrogens is 585 g/mol. The lowest BCUT2D eigenvalue weighted by molar-refractivity contribution is -0.139. The highest BCUT2D eigenvalue weighted by atomic mass is 35.6. The molecule has 4 rings (SSSR count). The fourth-order valence-electron chi connectivity index (χ4n) is 4.04. The number of nitrogens with zero attached hydrogens (tertiary/aromatic N) is 2. The summed E-state index contributed by atoms with van der Waals surface area (Å²) in [7, 11) is 0. The van der Waals surface area contributed by atoms with Crippen LogP contribution in [0.2, 0.25) is 0 Å². The zero-order valence-corrected chi connectivity index (χ0v) is 24.2.